The van der Waals surface area contributed by atoms with Gasteiger partial charge in [-0.3, -0.25) is 0 Å². The van der Waals surface area contributed by atoms with E-state index >= 15 is 0 Å². The quantitative estimate of drug-likeness (QED) is 0.330. The first-order chi connectivity index (χ1) is 16.9. The summed E-state index contributed by atoms with van der Waals surface area (Å²) in [6.45, 7) is 25.1. The number of hydrogen-bond donors (Lipinski definition) is 0. The fraction of sp³-hybridized carbons (Fsp3) is 0.361. The van der Waals surface area contributed by atoms with Gasteiger partial charge in [-0.2, -0.15) is 0 Å². The highest BCUT2D eigenvalue weighted by Gasteiger charge is 2.46. The lowest BCUT2D eigenvalue weighted by molar-refractivity contribution is 0.662. The summed E-state index contributed by atoms with van der Waals surface area (Å²) in [5.41, 5.74) is 18.8. The van der Waals surface area contributed by atoms with E-state index in [-0.39, 0.29) is 0 Å². The Hall–Kier alpha value is -2.86. The lowest BCUT2D eigenvalue weighted by Crippen LogP contribution is -2.38. The van der Waals surface area contributed by atoms with Crippen LogP contribution in [0, 0.1) is 74.7 Å². The summed E-state index contributed by atoms with van der Waals surface area (Å²) in [5, 5.41) is 0. The summed E-state index contributed by atoms with van der Waals surface area (Å²) in [6, 6.07) is 14.3. The first kappa shape index (κ1) is 26.2. The zero-order chi connectivity index (χ0) is 26.5. The molecular formula is C36H43. The molecule has 0 amide bonds. The maximum Gasteiger partial charge on any atom is 0.0683 e. The summed E-state index contributed by atoms with van der Waals surface area (Å²) in [7, 11) is 0. The average Bonchev–Trinajstić information content (AvgIpc) is 2.70. The van der Waals surface area contributed by atoms with Crippen LogP contribution in [0.4, 0.5) is 0 Å². The van der Waals surface area contributed by atoms with E-state index in [1.54, 1.807) is 0 Å². The van der Waals surface area contributed by atoms with E-state index in [1.807, 2.05) is 0 Å². The predicted molar refractivity (Wildman–Crippen MR) is 157 cm³/mol. The first-order valence-electron chi connectivity index (χ1n) is 13.4. The number of hydrogen-bond acceptors (Lipinski definition) is 0. The van der Waals surface area contributed by atoms with Crippen molar-refractivity contribution < 1.29 is 0 Å². The highest BCUT2D eigenvalue weighted by Crippen LogP contribution is 2.54. The van der Waals surface area contributed by atoms with Crippen LogP contribution in [-0.2, 0) is 5.41 Å². The van der Waals surface area contributed by atoms with Gasteiger partial charge in [-0.05, 0) is 137 Å². The second-order valence-electron chi connectivity index (χ2n) is 11.6. The topological polar surface area (TPSA) is 0 Å². The molecule has 0 N–H and O–H groups in total. The maximum absolute atomic E-state index is 2.52. The standard InChI is InChI=1S/C36H43/c1-21-12-22(2)20-32(19-21)36(33-26(6)13-23(3)14-27(33)7,34-28(8)15-24(4)16-29(34)9)35-30(10)17-25(5)18-31(35)11/h12-21H,1-11H3. The minimum atomic E-state index is -0.407. The van der Waals surface area contributed by atoms with Crippen molar-refractivity contribution in [3.8, 4) is 0 Å². The number of allylic oxidation sites excluding steroid dienone is 4. The van der Waals surface area contributed by atoms with E-state index in [2.05, 4.69) is 131 Å². The minimum absolute atomic E-state index is 0.382. The monoisotopic (exact) mass is 475 g/mol. The highest BCUT2D eigenvalue weighted by atomic mass is 14.5. The molecule has 3 aromatic carbocycles. The molecule has 1 radical (unpaired) electrons. The van der Waals surface area contributed by atoms with Gasteiger partial charge in [0.05, 0.1) is 5.41 Å². The Morgan fingerprint density at radius 1 is 0.500 bits per heavy atom. The van der Waals surface area contributed by atoms with Gasteiger partial charge in [0.2, 0.25) is 0 Å². The smallest absolute Gasteiger partial charge is 0.0683 e. The summed E-state index contributed by atoms with van der Waals surface area (Å²) in [6.07, 6.45) is 7.35. The van der Waals surface area contributed by atoms with Crippen LogP contribution in [0.2, 0.25) is 0 Å². The molecule has 1 aliphatic carbocycles. The molecule has 0 spiro atoms. The zero-order valence-corrected chi connectivity index (χ0v) is 24.3. The molecule has 4 rings (SSSR count). The molecule has 0 aromatic heterocycles. The predicted octanol–water partition coefficient (Wildman–Crippen LogP) is 9.52. The normalized spacial score (nSPS) is 16.1. The van der Waals surface area contributed by atoms with Crippen molar-refractivity contribution in [1.82, 2.24) is 0 Å². The largest absolute Gasteiger partial charge is 0.0781 e. The van der Waals surface area contributed by atoms with Crippen molar-refractivity contribution in [2.24, 2.45) is 5.92 Å². The molecule has 1 aliphatic rings. The molecule has 1 atom stereocenters. The van der Waals surface area contributed by atoms with Crippen LogP contribution in [0.1, 0.15) is 80.6 Å². The Bertz CT molecular complexity index is 1200. The molecule has 3 aromatic rings. The van der Waals surface area contributed by atoms with Crippen molar-refractivity contribution in [3.63, 3.8) is 0 Å². The average molecular weight is 476 g/mol. The zero-order valence-electron chi connectivity index (χ0n) is 24.3. The second kappa shape index (κ2) is 9.55. The molecule has 1 unspecified atom stereocenters. The third-order valence-corrected chi connectivity index (χ3v) is 7.94. The van der Waals surface area contributed by atoms with Gasteiger partial charge in [0, 0.05) is 0 Å². The lowest BCUT2D eigenvalue weighted by Gasteiger charge is -2.45. The van der Waals surface area contributed by atoms with Gasteiger partial charge >= 0.3 is 0 Å². The number of benzene rings is 3. The Morgan fingerprint density at radius 3 is 1.08 bits per heavy atom. The molecule has 0 nitrogen and oxygen atoms in total. The maximum atomic E-state index is 2.52. The summed E-state index contributed by atoms with van der Waals surface area (Å²) in [4.78, 5) is 0. The third-order valence-electron chi connectivity index (χ3n) is 7.94. The van der Waals surface area contributed by atoms with Gasteiger partial charge in [-0.25, -0.2) is 0 Å². The van der Waals surface area contributed by atoms with Gasteiger partial charge in [0.25, 0.3) is 0 Å². The molecular weight excluding hydrogens is 432 g/mol. The third kappa shape index (κ3) is 4.30. The Morgan fingerprint density at radius 2 is 0.806 bits per heavy atom. The molecule has 187 valence electrons. The molecule has 0 heterocycles. The number of rotatable bonds is 4. The van der Waals surface area contributed by atoms with Crippen molar-refractivity contribution in [1.29, 1.82) is 0 Å². The first-order valence-corrected chi connectivity index (χ1v) is 13.4. The van der Waals surface area contributed by atoms with Crippen molar-refractivity contribution in [2.45, 2.75) is 81.6 Å². The highest BCUT2D eigenvalue weighted by molar-refractivity contribution is 5.71. The van der Waals surface area contributed by atoms with E-state index < -0.39 is 5.41 Å². The Kier molecular flexibility index (Phi) is 6.95. The fourth-order valence-corrected chi connectivity index (χ4v) is 7.44. The van der Waals surface area contributed by atoms with E-state index in [1.165, 1.54) is 77.9 Å². The molecule has 0 fully saturated rings. The molecule has 0 bridgehead atoms. The van der Waals surface area contributed by atoms with Gasteiger partial charge in [0.15, 0.2) is 0 Å². The van der Waals surface area contributed by atoms with Crippen LogP contribution in [0.15, 0.2) is 59.7 Å². The van der Waals surface area contributed by atoms with E-state index in [4.69, 9.17) is 0 Å². The molecule has 0 saturated carbocycles. The van der Waals surface area contributed by atoms with Gasteiger partial charge in [-0.15, -0.1) is 0 Å². The summed E-state index contributed by atoms with van der Waals surface area (Å²) < 4.78 is 0. The van der Waals surface area contributed by atoms with Crippen LogP contribution in [0.3, 0.4) is 0 Å². The van der Waals surface area contributed by atoms with Crippen LogP contribution in [0.25, 0.3) is 0 Å². The van der Waals surface area contributed by atoms with Gasteiger partial charge in [-0.1, -0.05) is 77.7 Å². The van der Waals surface area contributed by atoms with Crippen LogP contribution in [-0.4, -0.2) is 0 Å². The van der Waals surface area contributed by atoms with Crippen molar-refractivity contribution in [2.75, 3.05) is 0 Å². The SMILES string of the molecule is CC1=CC(C)[CH]C(C(c2c(C)cc(C)cc2C)(c2c(C)cc(C)cc2C)c2c(C)cc(C)cc2C)=C1. The van der Waals surface area contributed by atoms with Crippen LogP contribution < -0.4 is 0 Å². The van der Waals surface area contributed by atoms with E-state index in [0.717, 1.165) is 0 Å². The fourth-order valence-electron chi connectivity index (χ4n) is 7.44. The van der Waals surface area contributed by atoms with E-state index in [0.29, 0.717) is 5.92 Å². The summed E-state index contributed by atoms with van der Waals surface area (Å²) in [5.74, 6) is 0.382. The number of aryl methyl sites for hydroxylation is 9. The van der Waals surface area contributed by atoms with Crippen LogP contribution in [0.5, 0.6) is 0 Å². The Balaban J connectivity index is 2.36. The van der Waals surface area contributed by atoms with Crippen molar-refractivity contribution in [3.05, 3.63) is 133 Å². The Labute approximate surface area is 220 Å². The van der Waals surface area contributed by atoms with E-state index in [9.17, 15) is 0 Å². The molecule has 0 saturated heterocycles. The molecule has 0 heteroatoms. The lowest BCUT2D eigenvalue weighted by atomic mass is 9.56. The molecule has 36 heavy (non-hydrogen) atoms. The van der Waals surface area contributed by atoms with Crippen LogP contribution >= 0.6 is 0 Å². The van der Waals surface area contributed by atoms with Gasteiger partial charge < -0.3 is 0 Å². The van der Waals surface area contributed by atoms with Gasteiger partial charge in [0.1, 0.15) is 0 Å². The second-order valence-corrected chi connectivity index (χ2v) is 11.6. The minimum Gasteiger partial charge on any atom is -0.0781 e. The van der Waals surface area contributed by atoms with Crippen molar-refractivity contribution >= 4 is 0 Å². The summed E-state index contributed by atoms with van der Waals surface area (Å²) >= 11 is 0. The molecule has 0 aliphatic heterocycles.